The highest BCUT2D eigenvalue weighted by Gasteiger charge is 2.46. The predicted octanol–water partition coefficient (Wildman–Crippen LogP) is 5.81. The van der Waals surface area contributed by atoms with Crippen LogP contribution in [0.25, 0.3) is 0 Å². The second kappa shape index (κ2) is 7.72. The van der Waals surface area contributed by atoms with Crippen molar-refractivity contribution in [1.29, 1.82) is 5.26 Å². The lowest BCUT2D eigenvalue weighted by Crippen LogP contribution is -2.43. The van der Waals surface area contributed by atoms with E-state index >= 15 is 0 Å². The molecule has 1 aliphatic heterocycles. The zero-order chi connectivity index (χ0) is 19.7. The molecule has 144 valence electrons. The summed E-state index contributed by atoms with van der Waals surface area (Å²) in [6.45, 7) is 4.28. The smallest absolute Gasteiger partial charge is 0.143 e. The quantitative estimate of drug-likeness (QED) is 0.612. The van der Waals surface area contributed by atoms with E-state index in [0.29, 0.717) is 17.2 Å². The fraction of sp³-hybridized carbons (Fsp3) is 0.458. The highest BCUT2D eigenvalue weighted by Crippen LogP contribution is 2.49. The minimum Gasteiger partial charge on any atom is -0.299 e. The Bertz CT molecular complexity index is 904. The van der Waals surface area contributed by atoms with E-state index in [-0.39, 0.29) is 23.0 Å². The van der Waals surface area contributed by atoms with Crippen molar-refractivity contribution in [2.45, 2.75) is 57.1 Å². The highest BCUT2D eigenvalue weighted by molar-refractivity contribution is 8.03. The van der Waals surface area contributed by atoms with Crippen LogP contribution in [0.3, 0.4) is 0 Å². The summed E-state index contributed by atoms with van der Waals surface area (Å²) in [6.07, 6.45) is 9.26. The first-order valence-corrected chi connectivity index (χ1v) is 11.0. The van der Waals surface area contributed by atoms with Crippen LogP contribution in [0.5, 0.6) is 0 Å². The molecule has 0 radical (unpaired) electrons. The normalized spacial score (nSPS) is 29.1. The number of rotatable bonds is 3. The summed E-state index contributed by atoms with van der Waals surface area (Å²) in [5, 5.41) is 11.3. The summed E-state index contributed by atoms with van der Waals surface area (Å²) in [6, 6.07) is 12.5. The van der Waals surface area contributed by atoms with Gasteiger partial charge in [-0.3, -0.25) is 4.79 Å². The molecule has 0 amide bonds. The van der Waals surface area contributed by atoms with Crippen LogP contribution in [0.4, 0.5) is 0 Å². The average molecular weight is 391 g/mol. The van der Waals surface area contributed by atoms with Crippen molar-refractivity contribution in [3.8, 4) is 6.07 Å². The zero-order valence-electron chi connectivity index (χ0n) is 16.5. The van der Waals surface area contributed by atoms with E-state index in [4.69, 9.17) is 4.99 Å². The molecule has 1 unspecified atom stereocenters. The van der Waals surface area contributed by atoms with Crippen LogP contribution in [0.15, 0.2) is 58.1 Å². The van der Waals surface area contributed by atoms with Gasteiger partial charge in [0, 0.05) is 23.3 Å². The molecule has 0 bridgehead atoms. The Morgan fingerprint density at radius 3 is 2.64 bits per heavy atom. The standard InChI is InChI=1S/C24H26N2OS/c1-24(2)13-19-22(20(27)14-24)21(16-9-5-3-6-10-16)18(15-25)23(26-19)28-17-11-7-4-8-12-17/h3,5-7,9-11,17,21-22H,4,8,12-14H2,1-2H3/t17-,21-,22?/m1/s1. The molecule has 1 aromatic rings. The lowest BCUT2D eigenvalue weighted by atomic mass is 9.64. The maximum Gasteiger partial charge on any atom is 0.143 e. The lowest BCUT2D eigenvalue weighted by molar-refractivity contribution is -0.124. The molecule has 4 rings (SSSR count). The maximum absolute atomic E-state index is 13.2. The predicted molar refractivity (Wildman–Crippen MR) is 115 cm³/mol. The van der Waals surface area contributed by atoms with E-state index in [0.717, 1.165) is 35.6 Å². The Hall–Kier alpha value is -2.12. The van der Waals surface area contributed by atoms with Crippen LogP contribution < -0.4 is 0 Å². The number of hydrogen-bond donors (Lipinski definition) is 0. The minimum atomic E-state index is -0.295. The molecule has 1 heterocycles. The Labute approximate surface area is 171 Å². The van der Waals surface area contributed by atoms with Crippen LogP contribution >= 0.6 is 11.8 Å². The Morgan fingerprint density at radius 1 is 1.18 bits per heavy atom. The number of carbonyl (C=O) groups is 1. The molecule has 4 heteroatoms. The van der Waals surface area contributed by atoms with Gasteiger partial charge in [-0.05, 0) is 36.7 Å². The van der Waals surface area contributed by atoms with Gasteiger partial charge in [-0.1, -0.05) is 68.1 Å². The molecule has 3 atom stereocenters. The molecule has 3 aliphatic rings. The fourth-order valence-electron chi connectivity index (χ4n) is 4.66. The number of ketones is 1. The molecule has 0 aromatic heterocycles. The molecule has 3 nitrogen and oxygen atoms in total. The van der Waals surface area contributed by atoms with Gasteiger partial charge in [-0.15, -0.1) is 0 Å². The second-order valence-electron chi connectivity index (χ2n) is 8.80. The van der Waals surface area contributed by atoms with Gasteiger partial charge in [-0.2, -0.15) is 5.26 Å². The van der Waals surface area contributed by atoms with Gasteiger partial charge in [0.15, 0.2) is 0 Å². The number of Topliss-reactive ketones (excluding diaryl/α,β-unsaturated/α-hetero) is 1. The zero-order valence-corrected chi connectivity index (χ0v) is 17.3. The van der Waals surface area contributed by atoms with Gasteiger partial charge in [0.05, 0.1) is 17.6 Å². The molecule has 0 spiro atoms. The van der Waals surface area contributed by atoms with Crippen LogP contribution in [-0.2, 0) is 4.79 Å². The number of thioether (sulfide) groups is 1. The van der Waals surface area contributed by atoms with E-state index in [2.05, 4.69) is 32.1 Å². The van der Waals surface area contributed by atoms with Gasteiger partial charge in [0.2, 0.25) is 0 Å². The molecule has 1 saturated carbocycles. The number of allylic oxidation sites excluding steroid dienone is 2. The first-order valence-electron chi connectivity index (χ1n) is 10.1. The van der Waals surface area contributed by atoms with E-state index in [1.54, 1.807) is 11.8 Å². The van der Waals surface area contributed by atoms with E-state index in [1.165, 1.54) is 6.42 Å². The number of carbonyl (C=O) groups excluding carboxylic acids is 1. The van der Waals surface area contributed by atoms with Crippen LogP contribution in [0.2, 0.25) is 0 Å². The SMILES string of the molecule is CC1(C)CC(=O)C2C(=NC(S[C@@H]3C=CCCC3)=C(C#N)[C@H]2c2ccccc2)C1. The van der Waals surface area contributed by atoms with Crippen molar-refractivity contribution in [2.24, 2.45) is 16.3 Å². The monoisotopic (exact) mass is 390 g/mol. The van der Waals surface area contributed by atoms with Crippen LogP contribution in [0, 0.1) is 22.7 Å². The first kappa shape index (κ1) is 19.2. The molecule has 2 aliphatic carbocycles. The number of hydrogen-bond acceptors (Lipinski definition) is 4. The number of nitriles is 1. The number of aliphatic imine (C=N–C) groups is 1. The number of benzene rings is 1. The van der Waals surface area contributed by atoms with Crippen molar-refractivity contribution in [2.75, 3.05) is 0 Å². The largest absolute Gasteiger partial charge is 0.299 e. The van der Waals surface area contributed by atoms with Crippen molar-refractivity contribution in [3.05, 3.63) is 58.6 Å². The molecule has 28 heavy (non-hydrogen) atoms. The topological polar surface area (TPSA) is 53.2 Å². The van der Waals surface area contributed by atoms with Crippen molar-refractivity contribution in [1.82, 2.24) is 0 Å². The maximum atomic E-state index is 13.2. The number of nitrogens with zero attached hydrogens (tertiary/aromatic N) is 2. The summed E-state index contributed by atoms with van der Waals surface area (Å²) in [4.78, 5) is 18.1. The molecular weight excluding hydrogens is 364 g/mol. The second-order valence-corrected chi connectivity index (χ2v) is 10.0. The Kier molecular flexibility index (Phi) is 5.29. The van der Waals surface area contributed by atoms with Gasteiger partial charge >= 0.3 is 0 Å². The third-order valence-corrected chi connectivity index (χ3v) is 7.12. The van der Waals surface area contributed by atoms with E-state index < -0.39 is 0 Å². The molecular formula is C24H26N2OS. The summed E-state index contributed by atoms with van der Waals surface area (Å²) in [5.41, 5.74) is 2.60. The summed E-state index contributed by atoms with van der Waals surface area (Å²) in [7, 11) is 0. The third-order valence-electron chi connectivity index (χ3n) is 5.89. The van der Waals surface area contributed by atoms with E-state index in [9.17, 15) is 10.1 Å². The van der Waals surface area contributed by atoms with Gasteiger partial charge < -0.3 is 0 Å². The summed E-state index contributed by atoms with van der Waals surface area (Å²) >= 11 is 1.70. The van der Waals surface area contributed by atoms with Crippen molar-refractivity contribution < 1.29 is 4.79 Å². The Balaban J connectivity index is 1.81. The lowest BCUT2D eigenvalue weighted by Gasteiger charge is -2.40. The van der Waals surface area contributed by atoms with Crippen molar-refractivity contribution in [3.63, 3.8) is 0 Å². The fourth-order valence-corrected chi connectivity index (χ4v) is 5.89. The Morgan fingerprint density at radius 2 is 1.96 bits per heavy atom. The van der Waals surface area contributed by atoms with Gasteiger partial charge in [0.25, 0.3) is 0 Å². The average Bonchev–Trinajstić information content (AvgIpc) is 2.67. The number of fused-ring (bicyclic) bond motifs is 1. The molecule has 1 aromatic carbocycles. The highest BCUT2D eigenvalue weighted by atomic mass is 32.2. The first-order chi connectivity index (χ1) is 13.5. The van der Waals surface area contributed by atoms with Crippen LogP contribution in [0.1, 0.15) is 57.4 Å². The van der Waals surface area contributed by atoms with Gasteiger partial charge in [0.1, 0.15) is 10.8 Å². The van der Waals surface area contributed by atoms with Gasteiger partial charge in [-0.25, -0.2) is 4.99 Å². The van der Waals surface area contributed by atoms with Crippen LogP contribution in [-0.4, -0.2) is 16.7 Å². The summed E-state index contributed by atoms with van der Waals surface area (Å²) in [5.74, 6) is -0.285. The summed E-state index contributed by atoms with van der Waals surface area (Å²) < 4.78 is 0. The third kappa shape index (κ3) is 3.73. The van der Waals surface area contributed by atoms with Crippen molar-refractivity contribution >= 4 is 23.3 Å². The molecule has 0 saturated heterocycles. The van der Waals surface area contributed by atoms with E-state index in [1.807, 2.05) is 30.3 Å². The molecule has 0 N–H and O–H groups in total. The minimum absolute atomic E-state index is 0.0711. The molecule has 1 fully saturated rings.